The predicted molar refractivity (Wildman–Crippen MR) is 117 cm³/mol. The molecule has 0 atom stereocenters. The van der Waals surface area contributed by atoms with Crippen molar-refractivity contribution in [3.05, 3.63) is 47.5 Å². The average Bonchev–Trinajstić information content (AvgIpc) is 2.95. The van der Waals surface area contributed by atoms with Crippen LogP contribution in [0.4, 0.5) is 4.39 Å². The van der Waals surface area contributed by atoms with Crippen molar-refractivity contribution in [2.75, 3.05) is 27.2 Å². The number of ether oxygens (including phenoxy) is 1. The second kappa shape index (κ2) is 11.1. The van der Waals surface area contributed by atoms with Crippen molar-refractivity contribution in [1.29, 1.82) is 0 Å². The molecule has 0 aliphatic rings. The van der Waals surface area contributed by atoms with Crippen LogP contribution in [-0.4, -0.2) is 47.9 Å². The molecule has 8 heteroatoms. The Hall–Kier alpha value is -1.84. The molecule has 2 rings (SSSR count). The third-order valence-electron chi connectivity index (χ3n) is 3.91. The maximum atomic E-state index is 13.1. The van der Waals surface area contributed by atoms with Gasteiger partial charge in [-0.3, -0.25) is 9.67 Å². The van der Waals surface area contributed by atoms with Crippen molar-refractivity contribution in [2.24, 2.45) is 12.0 Å². The van der Waals surface area contributed by atoms with Gasteiger partial charge in [0.25, 0.3) is 0 Å². The number of benzene rings is 1. The molecule has 0 aliphatic heterocycles. The highest BCUT2D eigenvalue weighted by Gasteiger charge is 2.15. The quantitative estimate of drug-likeness (QED) is 0.281. The number of hydrogen-bond acceptors (Lipinski definition) is 3. The van der Waals surface area contributed by atoms with Crippen molar-refractivity contribution in [1.82, 2.24) is 20.0 Å². The summed E-state index contributed by atoms with van der Waals surface area (Å²) in [6.45, 7) is 5.98. The zero-order valence-electron chi connectivity index (χ0n) is 16.6. The van der Waals surface area contributed by atoms with Crippen LogP contribution in [0.25, 0.3) is 0 Å². The Balaban J connectivity index is 0.00000364. The second-order valence-electron chi connectivity index (χ2n) is 6.50. The number of nitrogens with one attached hydrogen (secondary N) is 1. The highest BCUT2D eigenvalue weighted by Crippen LogP contribution is 2.18. The van der Waals surface area contributed by atoms with Crippen LogP contribution in [0.5, 0.6) is 5.75 Å². The standard InChI is InChI=1S/C19H28FN5O.HI/c1-14(2)18-15(13-25(5)23-18)12-24(4)19(21-3)22-9-10-26-17-8-6-7-16(20)11-17;/h6-8,11,13-14H,9-10,12H2,1-5H3,(H,21,22);1H. The van der Waals surface area contributed by atoms with E-state index >= 15 is 0 Å². The van der Waals surface area contributed by atoms with Gasteiger partial charge >= 0.3 is 0 Å². The maximum Gasteiger partial charge on any atom is 0.193 e. The number of hydrogen-bond donors (Lipinski definition) is 1. The van der Waals surface area contributed by atoms with Gasteiger partial charge in [-0.2, -0.15) is 5.10 Å². The van der Waals surface area contributed by atoms with E-state index in [1.165, 1.54) is 17.7 Å². The van der Waals surface area contributed by atoms with Crippen LogP contribution in [0.15, 0.2) is 35.5 Å². The minimum absolute atomic E-state index is 0. The van der Waals surface area contributed by atoms with Crippen LogP contribution in [0.1, 0.15) is 31.0 Å². The number of guanidine groups is 1. The number of halogens is 2. The van der Waals surface area contributed by atoms with E-state index < -0.39 is 0 Å². The van der Waals surface area contributed by atoms with Gasteiger partial charge in [-0.05, 0) is 18.1 Å². The van der Waals surface area contributed by atoms with Gasteiger partial charge < -0.3 is 15.0 Å². The van der Waals surface area contributed by atoms with E-state index in [0.717, 1.165) is 11.7 Å². The lowest BCUT2D eigenvalue weighted by Gasteiger charge is -2.22. The minimum atomic E-state index is -0.302. The third kappa shape index (κ3) is 7.00. The van der Waals surface area contributed by atoms with Gasteiger partial charge in [-0.25, -0.2) is 4.39 Å². The van der Waals surface area contributed by atoms with Crippen molar-refractivity contribution in [3.8, 4) is 5.75 Å². The average molecular weight is 489 g/mol. The molecule has 2 aromatic rings. The summed E-state index contributed by atoms with van der Waals surface area (Å²) in [5, 5.41) is 7.80. The molecular formula is C19H29FIN5O. The molecule has 1 heterocycles. The number of aliphatic imine (C=N–C) groups is 1. The van der Waals surface area contributed by atoms with Crippen molar-refractivity contribution >= 4 is 29.9 Å². The summed E-state index contributed by atoms with van der Waals surface area (Å²) < 4.78 is 20.5. The predicted octanol–water partition coefficient (Wildman–Crippen LogP) is 3.39. The highest BCUT2D eigenvalue weighted by molar-refractivity contribution is 14.0. The van der Waals surface area contributed by atoms with E-state index in [0.29, 0.717) is 31.4 Å². The molecule has 1 N–H and O–H groups in total. The van der Waals surface area contributed by atoms with E-state index in [9.17, 15) is 4.39 Å². The van der Waals surface area contributed by atoms with Gasteiger partial charge in [0.1, 0.15) is 18.2 Å². The number of nitrogens with zero attached hydrogens (tertiary/aromatic N) is 4. The zero-order chi connectivity index (χ0) is 19.1. The van der Waals surface area contributed by atoms with Crippen LogP contribution in [0.2, 0.25) is 0 Å². The molecule has 1 aromatic carbocycles. The first-order valence-electron chi connectivity index (χ1n) is 8.73. The first-order chi connectivity index (χ1) is 12.4. The summed E-state index contributed by atoms with van der Waals surface area (Å²) in [5.74, 6) is 1.36. The summed E-state index contributed by atoms with van der Waals surface area (Å²) in [5.41, 5.74) is 2.29. The lowest BCUT2D eigenvalue weighted by atomic mass is 10.1. The number of aromatic nitrogens is 2. The van der Waals surface area contributed by atoms with Crippen LogP contribution >= 0.6 is 24.0 Å². The summed E-state index contributed by atoms with van der Waals surface area (Å²) in [6.07, 6.45) is 2.05. The maximum absolute atomic E-state index is 13.1. The van der Waals surface area contributed by atoms with E-state index in [2.05, 4.69) is 29.3 Å². The SMILES string of the molecule is CN=C(NCCOc1cccc(F)c1)N(C)Cc1cn(C)nc1C(C)C.I. The van der Waals surface area contributed by atoms with Gasteiger partial charge in [0.05, 0.1) is 12.2 Å². The van der Waals surface area contributed by atoms with E-state index in [4.69, 9.17) is 4.74 Å². The molecule has 0 spiro atoms. The summed E-state index contributed by atoms with van der Waals surface area (Å²) in [4.78, 5) is 6.36. The smallest absolute Gasteiger partial charge is 0.193 e. The van der Waals surface area contributed by atoms with Gasteiger partial charge in [-0.15, -0.1) is 24.0 Å². The van der Waals surface area contributed by atoms with Gasteiger partial charge in [-0.1, -0.05) is 19.9 Å². The number of aryl methyl sites for hydroxylation is 1. The fourth-order valence-corrected chi connectivity index (χ4v) is 2.77. The van der Waals surface area contributed by atoms with Gasteiger partial charge in [0.15, 0.2) is 5.96 Å². The number of rotatable bonds is 7. The lowest BCUT2D eigenvalue weighted by Crippen LogP contribution is -2.40. The normalized spacial score (nSPS) is 11.3. The summed E-state index contributed by atoms with van der Waals surface area (Å²) in [6, 6.07) is 6.13. The Bertz CT molecular complexity index is 747. The van der Waals surface area contributed by atoms with Crippen LogP contribution in [0, 0.1) is 5.82 Å². The van der Waals surface area contributed by atoms with Gasteiger partial charge in [0, 0.05) is 45.5 Å². The fourth-order valence-electron chi connectivity index (χ4n) is 2.77. The molecule has 0 saturated carbocycles. The van der Waals surface area contributed by atoms with E-state index in [1.807, 2.05) is 29.9 Å². The van der Waals surface area contributed by atoms with Gasteiger partial charge in [0.2, 0.25) is 0 Å². The van der Waals surface area contributed by atoms with Crippen LogP contribution in [-0.2, 0) is 13.6 Å². The third-order valence-corrected chi connectivity index (χ3v) is 3.91. The van der Waals surface area contributed by atoms with Crippen molar-refractivity contribution in [3.63, 3.8) is 0 Å². The largest absolute Gasteiger partial charge is 0.492 e. The Morgan fingerprint density at radius 2 is 2.15 bits per heavy atom. The van der Waals surface area contributed by atoms with E-state index in [-0.39, 0.29) is 29.8 Å². The first-order valence-corrected chi connectivity index (χ1v) is 8.73. The Morgan fingerprint density at radius 1 is 1.41 bits per heavy atom. The van der Waals surface area contributed by atoms with Crippen molar-refractivity contribution in [2.45, 2.75) is 26.3 Å². The van der Waals surface area contributed by atoms with Crippen molar-refractivity contribution < 1.29 is 9.13 Å². The summed E-state index contributed by atoms with van der Waals surface area (Å²) >= 11 is 0. The molecule has 0 fully saturated rings. The molecule has 27 heavy (non-hydrogen) atoms. The Kier molecular flexibility index (Phi) is 9.54. The summed E-state index contributed by atoms with van der Waals surface area (Å²) in [7, 11) is 5.67. The van der Waals surface area contributed by atoms with E-state index in [1.54, 1.807) is 19.2 Å². The van der Waals surface area contributed by atoms with Crippen LogP contribution < -0.4 is 10.1 Å². The minimum Gasteiger partial charge on any atom is -0.492 e. The molecule has 0 aliphatic carbocycles. The first kappa shape index (κ1) is 23.2. The second-order valence-corrected chi connectivity index (χ2v) is 6.50. The molecule has 0 amide bonds. The molecule has 0 unspecified atom stereocenters. The lowest BCUT2D eigenvalue weighted by molar-refractivity contribution is 0.317. The fraction of sp³-hybridized carbons (Fsp3) is 0.474. The zero-order valence-corrected chi connectivity index (χ0v) is 18.9. The highest BCUT2D eigenvalue weighted by atomic mass is 127. The Labute approximate surface area is 177 Å². The Morgan fingerprint density at radius 3 is 2.78 bits per heavy atom. The molecule has 0 radical (unpaired) electrons. The monoisotopic (exact) mass is 489 g/mol. The molecule has 0 saturated heterocycles. The van der Waals surface area contributed by atoms with Crippen LogP contribution in [0.3, 0.4) is 0 Å². The molecular weight excluding hydrogens is 460 g/mol. The topological polar surface area (TPSA) is 54.7 Å². The molecule has 0 bridgehead atoms. The molecule has 1 aromatic heterocycles. The molecule has 6 nitrogen and oxygen atoms in total. The molecule has 150 valence electrons.